The lowest BCUT2D eigenvalue weighted by molar-refractivity contribution is -0.155. The summed E-state index contributed by atoms with van der Waals surface area (Å²) in [5.74, 6) is -0.0775. The number of hydrogen-bond acceptors (Lipinski definition) is 4. The van der Waals surface area contributed by atoms with Crippen molar-refractivity contribution in [3.8, 4) is 0 Å². The van der Waals surface area contributed by atoms with Crippen molar-refractivity contribution in [3.63, 3.8) is 0 Å². The van der Waals surface area contributed by atoms with Crippen LogP contribution in [0.4, 0.5) is 0 Å². The molecule has 4 heteroatoms. The smallest absolute Gasteiger partial charge is 0.326 e. The first-order chi connectivity index (χ1) is 8.35. The number of hydrogen-bond donors (Lipinski definition) is 1. The van der Waals surface area contributed by atoms with E-state index in [0.29, 0.717) is 6.61 Å². The summed E-state index contributed by atoms with van der Waals surface area (Å²) in [4.78, 5) is 14.5. The number of likely N-dealkylation sites (N-methyl/N-ethyl adjacent to an activating group) is 1. The molecule has 0 radical (unpaired) electrons. The molecule has 0 bridgehead atoms. The number of ether oxygens (including phenoxy) is 1. The molecule has 0 amide bonds. The van der Waals surface area contributed by atoms with E-state index in [2.05, 4.69) is 24.1 Å². The summed E-state index contributed by atoms with van der Waals surface area (Å²) in [7, 11) is 4.08. The Morgan fingerprint density at radius 2 is 2.00 bits per heavy atom. The third-order valence-electron chi connectivity index (χ3n) is 4.12. The number of esters is 1. The van der Waals surface area contributed by atoms with Gasteiger partial charge in [0.1, 0.15) is 5.54 Å². The lowest BCUT2D eigenvalue weighted by atomic mass is 9.74. The van der Waals surface area contributed by atoms with Crippen molar-refractivity contribution in [2.75, 3.05) is 33.8 Å². The minimum atomic E-state index is -0.501. The maximum Gasteiger partial charge on any atom is 0.326 e. The highest BCUT2D eigenvalue weighted by Crippen LogP contribution is 2.46. The molecule has 0 aromatic carbocycles. The lowest BCUT2D eigenvalue weighted by Crippen LogP contribution is -2.60. The number of carbonyl (C=O) groups is 1. The molecule has 1 atom stereocenters. The van der Waals surface area contributed by atoms with Gasteiger partial charge in [-0.05, 0) is 39.3 Å². The van der Waals surface area contributed by atoms with Crippen LogP contribution in [0.3, 0.4) is 0 Å². The predicted octanol–water partition coefficient (Wildman–Crippen LogP) is 1.65. The van der Waals surface area contributed by atoms with Crippen molar-refractivity contribution < 1.29 is 9.53 Å². The van der Waals surface area contributed by atoms with Crippen molar-refractivity contribution in [2.24, 2.45) is 5.41 Å². The average molecular weight is 256 g/mol. The van der Waals surface area contributed by atoms with Gasteiger partial charge in [-0.2, -0.15) is 0 Å². The van der Waals surface area contributed by atoms with Gasteiger partial charge in [-0.3, -0.25) is 4.79 Å². The minimum absolute atomic E-state index is 0.0361. The molecule has 1 rings (SSSR count). The van der Waals surface area contributed by atoms with Crippen LogP contribution in [0.5, 0.6) is 0 Å². The Morgan fingerprint density at radius 3 is 2.44 bits per heavy atom. The standard InChI is InChI=1S/C14H28N2O2/c1-6-18-12(17)14(15-10-11-16(4)5)9-7-8-13(14,2)3/h15H,6-11H2,1-5H3. The third-order valence-corrected chi connectivity index (χ3v) is 4.12. The Bertz CT molecular complexity index is 290. The van der Waals surface area contributed by atoms with Gasteiger partial charge in [0.25, 0.3) is 0 Å². The van der Waals surface area contributed by atoms with Crippen LogP contribution in [0, 0.1) is 5.41 Å². The molecule has 106 valence electrons. The topological polar surface area (TPSA) is 41.6 Å². The molecule has 0 aromatic rings. The highest BCUT2D eigenvalue weighted by atomic mass is 16.5. The van der Waals surface area contributed by atoms with Crippen molar-refractivity contribution in [1.82, 2.24) is 10.2 Å². The quantitative estimate of drug-likeness (QED) is 0.734. The zero-order chi connectivity index (χ0) is 13.8. The highest BCUT2D eigenvalue weighted by molar-refractivity contribution is 5.82. The molecule has 1 saturated carbocycles. The van der Waals surface area contributed by atoms with Gasteiger partial charge in [0.2, 0.25) is 0 Å². The molecule has 0 aromatic heterocycles. The molecule has 0 aliphatic heterocycles. The number of rotatable bonds is 6. The van der Waals surface area contributed by atoms with Gasteiger partial charge >= 0.3 is 5.97 Å². The Balaban J connectivity index is 2.78. The fourth-order valence-electron chi connectivity index (χ4n) is 2.87. The maximum absolute atomic E-state index is 12.4. The Hall–Kier alpha value is -0.610. The normalized spacial score (nSPS) is 26.6. The molecular formula is C14H28N2O2. The first kappa shape index (κ1) is 15.4. The van der Waals surface area contributed by atoms with Gasteiger partial charge in [0.05, 0.1) is 6.61 Å². The van der Waals surface area contributed by atoms with Crippen LogP contribution in [0.2, 0.25) is 0 Å². The molecular weight excluding hydrogens is 228 g/mol. The van der Waals surface area contributed by atoms with Crippen molar-refractivity contribution in [3.05, 3.63) is 0 Å². The van der Waals surface area contributed by atoms with Gasteiger partial charge < -0.3 is 15.0 Å². The monoisotopic (exact) mass is 256 g/mol. The lowest BCUT2D eigenvalue weighted by Gasteiger charge is -2.40. The summed E-state index contributed by atoms with van der Waals surface area (Å²) in [6.07, 6.45) is 3.04. The van der Waals surface area contributed by atoms with Crippen LogP contribution < -0.4 is 5.32 Å². The molecule has 1 unspecified atom stereocenters. The van der Waals surface area contributed by atoms with E-state index in [-0.39, 0.29) is 11.4 Å². The van der Waals surface area contributed by atoms with Crippen molar-refractivity contribution in [2.45, 2.75) is 45.6 Å². The summed E-state index contributed by atoms with van der Waals surface area (Å²) in [6, 6.07) is 0. The molecule has 0 saturated heterocycles. The summed E-state index contributed by atoms with van der Waals surface area (Å²) < 4.78 is 5.31. The number of nitrogens with one attached hydrogen (secondary N) is 1. The fourth-order valence-corrected chi connectivity index (χ4v) is 2.87. The highest BCUT2D eigenvalue weighted by Gasteiger charge is 2.54. The Labute approximate surface area is 111 Å². The van der Waals surface area contributed by atoms with E-state index in [1.54, 1.807) is 0 Å². The van der Waals surface area contributed by atoms with Crippen molar-refractivity contribution >= 4 is 5.97 Å². The largest absolute Gasteiger partial charge is 0.465 e. The minimum Gasteiger partial charge on any atom is -0.465 e. The molecule has 0 heterocycles. The van der Waals surface area contributed by atoms with Gasteiger partial charge in [-0.25, -0.2) is 0 Å². The van der Waals surface area contributed by atoms with E-state index in [4.69, 9.17) is 4.74 Å². The van der Waals surface area contributed by atoms with E-state index in [1.165, 1.54) is 0 Å². The molecule has 1 N–H and O–H groups in total. The summed E-state index contributed by atoms with van der Waals surface area (Å²) in [6.45, 7) is 8.39. The predicted molar refractivity (Wildman–Crippen MR) is 73.6 cm³/mol. The van der Waals surface area contributed by atoms with Crippen LogP contribution in [0.25, 0.3) is 0 Å². The second-order valence-corrected chi connectivity index (χ2v) is 6.09. The van der Waals surface area contributed by atoms with Crippen LogP contribution in [0.15, 0.2) is 0 Å². The van der Waals surface area contributed by atoms with E-state index < -0.39 is 5.54 Å². The Morgan fingerprint density at radius 1 is 1.33 bits per heavy atom. The first-order valence-electron chi connectivity index (χ1n) is 6.93. The SMILES string of the molecule is CCOC(=O)C1(NCCN(C)C)CCCC1(C)C. The molecule has 1 aliphatic carbocycles. The number of carbonyl (C=O) groups excluding carboxylic acids is 1. The molecule has 1 fully saturated rings. The van der Waals surface area contributed by atoms with E-state index in [0.717, 1.165) is 32.4 Å². The zero-order valence-electron chi connectivity index (χ0n) is 12.5. The van der Waals surface area contributed by atoms with Crippen LogP contribution in [0.1, 0.15) is 40.0 Å². The van der Waals surface area contributed by atoms with Gasteiger partial charge in [0.15, 0.2) is 0 Å². The number of nitrogens with zero attached hydrogens (tertiary/aromatic N) is 1. The first-order valence-corrected chi connectivity index (χ1v) is 6.93. The zero-order valence-corrected chi connectivity index (χ0v) is 12.5. The van der Waals surface area contributed by atoms with Crippen LogP contribution in [-0.4, -0.2) is 50.2 Å². The van der Waals surface area contributed by atoms with Gasteiger partial charge in [-0.1, -0.05) is 20.3 Å². The van der Waals surface area contributed by atoms with Gasteiger partial charge in [0, 0.05) is 13.1 Å². The van der Waals surface area contributed by atoms with E-state index in [9.17, 15) is 4.79 Å². The second-order valence-electron chi connectivity index (χ2n) is 6.09. The summed E-state index contributed by atoms with van der Waals surface area (Å²) in [5, 5.41) is 3.49. The third kappa shape index (κ3) is 3.04. The van der Waals surface area contributed by atoms with Crippen molar-refractivity contribution in [1.29, 1.82) is 0 Å². The van der Waals surface area contributed by atoms with Crippen LogP contribution in [-0.2, 0) is 9.53 Å². The second kappa shape index (κ2) is 6.02. The van der Waals surface area contributed by atoms with Gasteiger partial charge in [-0.15, -0.1) is 0 Å². The van der Waals surface area contributed by atoms with E-state index >= 15 is 0 Å². The van der Waals surface area contributed by atoms with Crippen LogP contribution >= 0.6 is 0 Å². The fraction of sp³-hybridized carbons (Fsp3) is 0.929. The average Bonchev–Trinajstić information content (AvgIpc) is 2.55. The summed E-state index contributed by atoms with van der Waals surface area (Å²) in [5.41, 5.74) is -0.537. The summed E-state index contributed by atoms with van der Waals surface area (Å²) >= 11 is 0. The molecule has 18 heavy (non-hydrogen) atoms. The van der Waals surface area contributed by atoms with E-state index in [1.807, 2.05) is 21.0 Å². The molecule has 0 spiro atoms. The maximum atomic E-state index is 12.4. The Kier molecular flexibility index (Phi) is 5.17. The molecule has 1 aliphatic rings. The molecule has 4 nitrogen and oxygen atoms in total.